The Balaban J connectivity index is 2.86. The highest BCUT2D eigenvalue weighted by Crippen LogP contribution is 2.28. The number of allylic oxidation sites excluding steroid dienone is 1. The van der Waals surface area contributed by atoms with Gasteiger partial charge in [0.1, 0.15) is 0 Å². The highest BCUT2D eigenvalue weighted by molar-refractivity contribution is 5.11. The summed E-state index contributed by atoms with van der Waals surface area (Å²) in [5.41, 5.74) is 4.45. The smallest absolute Gasteiger partial charge is 0.0574 e. The zero-order valence-corrected chi connectivity index (χ0v) is 11.2. The minimum atomic E-state index is 0.141. The average Bonchev–Trinajstić information content (AvgIpc) is 2.78. The van der Waals surface area contributed by atoms with Crippen molar-refractivity contribution in [2.45, 2.75) is 58.5 Å². The van der Waals surface area contributed by atoms with Gasteiger partial charge in [-0.05, 0) is 53.1 Å². The minimum absolute atomic E-state index is 0.141. The Bertz CT molecular complexity index is 240. The number of hydrogen-bond acceptors (Lipinski definition) is 3. The zero-order valence-electron chi connectivity index (χ0n) is 11.2. The largest absolute Gasteiger partial charge is 0.296 e. The second-order valence-corrected chi connectivity index (χ2v) is 5.29. The van der Waals surface area contributed by atoms with E-state index in [-0.39, 0.29) is 11.6 Å². The maximum absolute atomic E-state index is 5.73. The van der Waals surface area contributed by atoms with Crippen molar-refractivity contribution in [2.75, 3.05) is 13.1 Å². The van der Waals surface area contributed by atoms with Crippen molar-refractivity contribution in [3.8, 4) is 0 Å². The van der Waals surface area contributed by atoms with Gasteiger partial charge in [-0.3, -0.25) is 16.2 Å². The lowest BCUT2D eigenvalue weighted by Gasteiger charge is -2.43. The van der Waals surface area contributed by atoms with E-state index in [1.54, 1.807) is 0 Å². The van der Waals surface area contributed by atoms with Crippen LogP contribution in [0.25, 0.3) is 0 Å². The predicted molar refractivity (Wildman–Crippen MR) is 70.0 cm³/mol. The Kier molecular flexibility index (Phi) is 4.96. The number of nitrogens with one attached hydrogen (secondary N) is 1. The van der Waals surface area contributed by atoms with E-state index in [9.17, 15) is 0 Å². The molecule has 1 heterocycles. The Labute approximate surface area is 100 Å². The van der Waals surface area contributed by atoms with Crippen LogP contribution in [-0.4, -0.2) is 29.6 Å². The van der Waals surface area contributed by atoms with E-state index in [1.165, 1.54) is 31.5 Å². The van der Waals surface area contributed by atoms with Crippen LogP contribution >= 0.6 is 0 Å². The number of hydrogen-bond donors (Lipinski definition) is 2. The molecule has 1 aliphatic heterocycles. The van der Waals surface area contributed by atoms with Gasteiger partial charge in [0.25, 0.3) is 0 Å². The third-order valence-electron chi connectivity index (χ3n) is 3.89. The van der Waals surface area contributed by atoms with Crippen LogP contribution in [0, 0.1) is 0 Å². The quantitative estimate of drug-likeness (QED) is 0.427. The van der Waals surface area contributed by atoms with Crippen LogP contribution in [-0.2, 0) is 0 Å². The van der Waals surface area contributed by atoms with Crippen molar-refractivity contribution in [1.29, 1.82) is 0 Å². The average molecular weight is 225 g/mol. The molecule has 0 aromatic rings. The van der Waals surface area contributed by atoms with E-state index >= 15 is 0 Å². The molecule has 2 atom stereocenters. The van der Waals surface area contributed by atoms with E-state index in [0.29, 0.717) is 0 Å². The lowest BCUT2D eigenvalue weighted by Crippen LogP contribution is -2.59. The number of nitrogens with zero attached hydrogens (tertiary/aromatic N) is 1. The summed E-state index contributed by atoms with van der Waals surface area (Å²) < 4.78 is 0. The van der Waals surface area contributed by atoms with Gasteiger partial charge in [0.2, 0.25) is 0 Å². The summed E-state index contributed by atoms with van der Waals surface area (Å²) in [5.74, 6) is 5.73. The Morgan fingerprint density at radius 2 is 2.00 bits per heavy atom. The van der Waals surface area contributed by atoms with Gasteiger partial charge in [-0.1, -0.05) is 18.6 Å². The molecule has 1 saturated heterocycles. The molecule has 1 fully saturated rings. The first-order valence-corrected chi connectivity index (χ1v) is 6.40. The lowest BCUT2D eigenvalue weighted by atomic mass is 9.86. The highest BCUT2D eigenvalue weighted by Gasteiger charge is 2.37. The van der Waals surface area contributed by atoms with Gasteiger partial charge < -0.3 is 0 Å². The SMILES string of the molecule is CCC(C)(C(C=C(C)C)NN)N1CCCC1. The van der Waals surface area contributed by atoms with Crippen LogP contribution < -0.4 is 11.3 Å². The summed E-state index contributed by atoms with van der Waals surface area (Å²) in [4.78, 5) is 2.58. The van der Waals surface area contributed by atoms with E-state index in [2.05, 4.69) is 44.1 Å². The Morgan fingerprint density at radius 3 is 2.38 bits per heavy atom. The van der Waals surface area contributed by atoms with Crippen LogP contribution in [0.3, 0.4) is 0 Å². The first-order chi connectivity index (χ1) is 7.54. The van der Waals surface area contributed by atoms with Crippen LogP contribution in [0.2, 0.25) is 0 Å². The molecule has 0 aromatic heterocycles. The lowest BCUT2D eigenvalue weighted by molar-refractivity contribution is 0.102. The standard InChI is InChI=1S/C13H27N3/c1-5-13(4,16-8-6-7-9-16)12(15-14)10-11(2)3/h10,12,15H,5-9,14H2,1-4H3. The van der Waals surface area contributed by atoms with Gasteiger partial charge >= 0.3 is 0 Å². The Morgan fingerprint density at radius 1 is 1.44 bits per heavy atom. The molecule has 0 amide bonds. The van der Waals surface area contributed by atoms with Crippen molar-refractivity contribution in [3.63, 3.8) is 0 Å². The molecular weight excluding hydrogens is 198 g/mol. The topological polar surface area (TPSA) is 41.3 Å². The molecule has 16 heavy (non-hydrogen) atoms. The molecular formula is C13H27N3. The number of rotatable bonds is 5. The molecule has 0 bridgehead atoms. The van der Waals surface area contributed by atoms with Gasteiger partial charge in [-0.15, -0.1) is 0 Å². The summed E-state index contributed by atoms with van der Waals surface area (Å²) >= 11 is 0. The first kappa shape index (κ1) is 13.7. The molecule has 0 spiro atoms. The molecule has 0 aromatic carbocycles. The first-order valence-electron chi connectivity index (χ1n) is 6.40. The summed E-state index contributed by atoms with van der Waals surface area (Å²) in [5, 5.41) is 0. The van der Waals surface area contributed by atoms with Gasteiger partial charge in [0.05, 0.1) is 6.04 Å². The van der Waals surface area contributed by atoms with E-state index < -0.39 is 0 Å². The van der Waals surface area contributed by atoms with Crippen LogP contribution in [0.15, 0.2) is 11.6 Å². The molecule has 0 radical (unpaired) electrons. The number of likely N-dealkylation sites (tertiary alicyclic amines) is 1. The van der Waals surface area contributed by atoms with Crippen LogP contribution in [0.1, 0.15) is 47.0 Å². The molecule has 1 rings (SSSR count). The molecule has 3 nitrogen and oxygen atoms in total. The van der Waals surface area contributed by atoms with E-state index in [0.717, 1.165) is 6.42 Å². The molecule has 94 valence electrons. The maximum Gasteiger partial charge on any atom is 0.0574 e. The van der Waals surface area contributed by atoms with Gasteiger partial charge in [-0.25, -0.2) is 0 Å². The van der Waals surface area contributed by atoms with Gasteiger partial charge in [-0.2, -0.15) is 0 Å². The second kappa shape index (κ2) is 5.80. The second-order valence-electron chi connectivity index (χ2n) is 5.29. The summed E-state index contributed by atoms with van der Waals surface area (Å²) in [7, 11) is 0. The maximum atomic E-state index is 5.73. The van der Waals surface area contributed by atoms with Crippen molar-refractivity contribution < 1.29 is 0 Å². The Hall–Kier alpha value is -0.380. The zero-order chi connectivity index (χ0) is 12.2. The van der Waals surface area contributed by atoms with E-state index in [1.807, 2.05) is 0 Å². The van der Waals surface area contributed by atoms with Crippen molar-refractivity contribution in [2.24, 2.45) is 5.84 Å². The third kappa shape index (κ3) is 2.84. The minimum Gasteiger partial charge on any atom is -0.296 e. The van der Waals surface area contributed by atoms with E-state index in [4.69, 9.17) is 5.84 Å². The molecule has 2 unspecified atom stereocenters. The number of hydrazine groups is 1. The molecule has 0 aliphatic carbocycles. The van der Waals surface area contributed by atoms with Crippen LogP contribution in [0.5, 0.6) is 0 Å². The monoisotopic (exact) mass is 225 g/mol. The molecule has 3 N–H and O–H groups in total. The summed E-state index contributed by atoms with van der Waals surface area (Å²) in [6.07, 6.45) is 6.01. The fourth-order valence-corrected chi connectivity index (χ4v) is 2.61. The van der Waals surface area contributed by atoms with Crippen LogP contribution in [0.4, 0.5) is 0 Å². The predicted octanol–water partition coefficient (Wildman–Crippen LogP) is 2.05. The highest BCUT2D eigenvalue weighted by atomic mass is 15.3. The molecule has 1 aliphatic rings. The summed E-state index contributed by atoms with van der Waals surface area (Å²) in [6.45, 7) is 11.2. The molecule has 3 heteroatoms. The number of nitrogens with two attached hydrogens (primary N) is 1. The summed E-state index contributed by atoms with van der Waals surface area (Å²) in [6, 6.07) is 0.237. The normalized spacial score (nSPS) is 22.8. The van der Waals surface area contributed by atoms with Gasteiger partial charge in [0, 0.05) is 5.54 Å². The fraction of sp³-hybridized carbons (Fsp3) is 0.846. The van der Waals surface area contributed by atoms with Crippen molar-refractivity contribution in [3.05, 3.63) is 11.6 Å². The van der Waals surface area contributed by atoms with Crippen molar-refractivity contribution in [1.82, 2.24) is 10.3 Å². The van der Waals surface area contributed by atoms with Gasteiger partial charge in [0.15, 0.2) is 0 Å². The fourth-order valence-electron chi connectivity index (χ4n) is 2.61. The molecule has 0 saturated carbocycles. The van der Waals surface area contributed by atoms with Crippen molar-refractivity contribution >= 4 is 0 Å². The third-order valence-corrected chi connectivity index (χ3v) is 3.89.